The van der Waals surface area contributed by atoms with Crippen molar-refractivity contribution >= 4 is 5.57 Å². The second-order valence-electron chi connectivity index (χ2n) is 3.27. The molecular formula is C12H10K2O2. The largest absolute Gasteiger partial charge is 1.00 e. The van der Waals surface area contributed by atoms with Crippen LogP contribution in [0.5, 0.6) is 5.75 Å². The van der Waals surface area contributed by atoms with Crippen LogP contribution in [0.15, 0.2) is 42.2 Å². The summed E-state index contributed by atoms with van der Waals surface area (Å²) >= 11 is 0. The minimum Gasteiger partial charge on any atom is -0.875 e. The Labute approximate surface area is 181 Å². The van der Waals surface area contributed by atoms with Gasteiger partial charge in [-0.15, -0.1) is 11.5 Å². The van der Waals surface area contributed by atoms with Crippen molar-refractivity contribution in [1.82, 2.24) is 0 Å². The molecule has 0 heterocycles. The van der Waals surface area contributed by atoms with E-state index in [2.05, 4.69) is 0 Å². The zero-order valence-corrected chi connectivity index (χ0v) is 15.9. The molecule has 0 atom stereocenters. The van der Waals surface area contributed by atoms with Crippen LogP contribution in [0, 0.1) is 0 Å². The predicted octanol–water partition coefficient (Wildman–Crippen LogP) is -4.81. The van der Waals surface area contributed by atoms with E-state index in [1.165, 1.54) is 6.07 Å². The van der Waals surface area contributed by atoms with Gasteiger partial charge in [-0.1, -0.05) is 36.4 Å². The fraction of sp³-hybridized carbons (Fsp3) is 0.167. The van der Waals surface area contributed by atoms with Crippen molar-refractivity contribution < 1.29 is 113 Å². The zero-order chi connectivity index (χ0) is 9.97. The summed E-state index contributed by atoms with van der Waals surface area (Å²) in [4.78, 5) is 0. The van der Waals surface area contributed by atoms with E-state index >= 15 is 0 Å². The Kier molecular flexibility index (Phi) is 9.48. The Hall–Kier alpha value is 1.57. The molecule has 2 rings (SSSR count). The summed E-state index contributed by atoms with van der Waals surface area (Å²) in [6.45, 7) is 0. The molecule has 1 aliphatic rings. The van der Waals surface area contributed by atoms with Gasteiger partial charge in [-0.3, -0.25) is 0 Å². The van der Waals surface area contributed by atoms with E-state index in [1.807, 2.05) is 6.08 Å². The number of hydrogen-bond donors (Lipinski definition) is 0. The molecule has 0 radical (unpaired) electrons. The number of benzene rings is 1. The Morgan fingerprint density at radius 2 is 1.69 bits per heavy atom. The Bertz CT molecular complexity index is 411. The molecule has 0 spiro atoms. The maximum absolute atomic E-state index is 11.5. The first-order chi connectivity index (χ1) is 6.79. The van der Waals surface area contributed by atoms with E-state index < -0.39 is 0 Å². The van der Waals surface area contributed by atoms with Crippen LogP contribution >= 0.6 is 0 Å². The predicted molar refractivity (Wildman–Crippen MR) is 51.2 cm³/mol. The van der Waals surface area contributed by atoms with Gasteiger partial charge < -0.3 is 10.2 Å². The summed E-state index contributed by atoms with van der Waals surface area (Å²) in [5, 5.41) is 23.0. The Morgan fingerprint density at radius 3 is 2.31 bits per heavy atom. The SMILES string of the molecule is [K+].[K+].[O-]C1=C(c2ccccc2[O-])C=CCC1. The van der Waals surface area contributed by atoms with Crippen molar-refractivity contribution in [1.29, 1.82) is 0 Å². The summed E-state index contributed by atoms with van der Waals surface area (Å²) in [5.74, 6) is -0.0156. The smallest absolute Gasteiger partial charge is 0.875 e. The minimum absolute atomic E-state index is 0. The van der Waals surface area contributed by atoms with Crippen molar-refractivity contribution in [2.75, 3.05) is 0 Å². The third kappa shape index (κ3) is 4.35. The number of hydrogen-bond acceptors (Lipinski definition) is 2. The van der Waals surface area contributed by atoms with Crippen LogP contribution in [0.4, 0.5) is 0 Å². The molecule has 1 aromatic rings. The van der Waals surface area contributed by atoms with Gasteiger partial charge in [-0.2, -0.15) is 0 Å². The molecule has 0 saturated heterocycles. The Morgan fingerprint density at radius 1 is 1.00 bits per heavy atom. The number of para-hydroxylation sites is 1. The molecule has 1 aliphatic carbocycles. The summed E-state index contributed by atoms with van der Waals surface area (Å²) < 4.78 is 0. The monoisotopic (exact) mass is 264 g/mol. The third-order valence-corrected chi connectivity index (χ3v) is 2.30. The maximum Gasteiger partial charge on any atom is 1.00 e. The van der Waals surface area contributed by atoms with Crippen molar-refractivity contribution in [3.05, 3.63) is 47.7 Å². The van der Waals surface area contributed by atoms with Crippen molar-refractivity contribution in [2.45, 2.75) is 12.8 Å². The van der Waals surface area contributed by atoms with Crippen LogP contribution in [0.25, 0.3) is 5.57 Å². The molecule has 0 aromatic heterocycles. The van der Waals surface area contributed by atoms with Gasteiger partial charge in [-0.05, 0) is 24.0 Å². The molecule has 0 bridgehead atoms. The molecular weight excluding hydrogens is 254 g/mol. The molecule has 0 unspecified atom stereocenters. The summed E-state index contributed by atoms with van der Waals surface area (Å²) in [6.07, 6.45) is 4.98. The standard InChI is InChI=1S/C12H12O2.2K/c13-11-7-3-1-5-9(11)10-6-2-4-8-12(10)14;;/h1-3,5-7,13-14H,4,8H2;;/q;2*+1/p-2. The van der Waals surface area contributed by atoms with Crippen molar-refractivity contribution in [3.8, 4) is 5.75 Å². The number of rotatable bonds is 1. The van der Waals surface area contributed by atoms with E-state index in [9.17, 15) is 10.2 Å². The normalized spacial score (nSPS) is 14.0. The summed E-state index contributed by atoms with van der Waals surface area (Å²) in [6, 6.07) is 6.64. The van der Waals surface area contributed by atoms with Crippen molar-refractivity contribution in [3.63, 3.8) is 0 Å². The average Bonchev–Trinajstić information content (AvgIpc) is 2.20. The fourth-order valence-corrected chi connectivity index (χ4v) is 1.57. The molecule has 0 amide bonds. The van der Waals surface area contributed by atoms with Crippen LogP contribution in [0.3, 0.4) is 0 Å². The molecule has 4 heteroatoms. The van der Waals surface area contributed by atoms with Crippen LogP contribution in [0.1, 0.15) is 18.4 Å². The molecule has 0 N–H and O–H groups in total. The van der Waals surface area contributed by atoms with Crippen LogP contribution in [-0.2, 0) is 0 Å². The summed E-state index contributed by atoms with van der Waals surface area (Å²) in [5.41, 5.74) is 1.08. The molecule has 16 heavy (non-hydrogen) atoms. The second-order valence-corrected chi connectivity index (χ2v) is 3.27. The number of allylic oxidation sites excluding steroid dienone is 4. The van der Waals surface area contributed by atoms with Gasteiger partial charge in [0, 0.05) is 0 Å². The quantitative estimate of drug-likeness (QED) is 0.478. The third-order valence-electron chi connectivity index (χ3n) is 2.30. The molecule has 72 valence electrons. The topological polar surface area (TPSA) is 46.1 Å². The van der Waals surface area contributed by atoms with Gasteiger partial charge in [0.1, 0.15) is 0 Å². The van der Waals surface area contributed by atoms with Crippen LogP contribution in [0.2, 0.25) is 0 Å². The van der Waals surface area contributed by atoms with Gasteiger partial charge >= 0.3 is 103 Å². The van der Waals surface area contributed by atoms with Crippen LogP contribution < -0.4 is 113 Å². The first-order valence-corrected chi connectivity index (χ1v) is 4.62. The van der Waals surface area contributed by atoms with E-state index in [0.717, 1.165) is 6.42 Å². The van der Waals surface area contributed by atoms with E-state index in [1.54, 1.807) is 24.3 Å². The van der Waals surface area contributed by atoms with Crippen molar-refractivity contribution in [2.24, 2.45) is 0 Å². The summed E-state index contributed by atoms with van der Waals surface area (Å²) in [7, 11) is 0. The van der Waals surface area contributed by atoms with Gasteiger partial charge in [0.2, 0.25) is 0 Å². The van der Waals surface area contributed by atoms with E-state index in [-0.39, 0.29) is 114 Å². The van der Waals surface area contributed by atoms with Crippen LogP contribution in [-0.4, -0.2) is 0 Å². The molecule has 2 nitrogen and oxygen atoms in total. The van der Waals surface area contributed by atoms with E-state index in [4.69, 9.17) is 0 Å². The minimum atomic E-state index is -0.0811. The first kappa shape index (κ1) is 17.6. The Balaban J connectivity index is 0.00000112. The molecule has 0 fully saturated rings. The molecule has 0 aliphatic heterocycles. The fourth-order valence-electron chi connectivity index (χ4n) is 1.57. The van der Waals surface area contributed by atoms with Gasteiger partial charge in [0.05, 0.1) is 0 Å². The van der Waals surface area contributed by atoms with Gasteiger partial charge in [0.25, 0.3) is 0 Å². The molecule has 1 aromatic carbocycles. The second kappa shape index (κ2) is 8.64. The van der Waals surface area contributed by atoms with Gasteiger partial charge in [0.15, 0.2) is 0 Å². The average molecular weight is 264 g/mol. The molecule has 0 saturated carbocycles. The van der Waals surface area contributed by atoms with Gasteiger partial charge in [-0.25, -0.2) is 0 Å². The van der Waals surface area contributed by atoms with E-state index in [0.29, 0.717) is 17.6 Å². The first-order valence-electron chi connectivity index (χ1n) is 4.62. The maximum atomic E-state index is 11.5. The zero-order valence-electron chi connectivity index (χ0n) is 9.69.